The lowest BCUT2D eigenvalue weighted by atomic mass is 10.1. The van der Waals surface area contributed by atoms with E-state index in [4.69, 9.17) is 15.0 Å². The minimum absolute atomic E-state index is 0.115. The number of nitriles is 1. The normalized spacial score (nSPS) is 12.7. The largest absolute Gasteiger partial charge is 0.482 e. The third kappa shape index (κ3) is 4.31. The maximum Gasteiger partial charge on any atom is 0.265 e. The summed E-state index contributed by atoms with van der Waals surface area (Å²) < 4.78 is 5.58. The number of ether oxygens (including phenoxy) is 1. The predicted molar refractivity (Wildman–Crippen MR) is 121 cm³/mol. The van der Waals surface area contributed by atoms with Crippen LogP contribution in [-0.2, 0) is 9.59 Å². The van der Waals surface area contributed by atoms with Gasteiger partial charge in [-0.1, -0.05) is 6.07 Å². The Bertz CT molecular complexity index is 1200. The number of anilines is 1. The van der Waals surface area contributed by atoms with E-state index in [0.29, 0.717) is 18.0 Å². The highest BCUT2D eigenvalue weighted by Gasteiger charge is 2.29. The first-order valence-electron chi connectivity index (χ1n) is 10.0. The fourth-order valence-corrected chi connectivity index (χ4v) is 4.30. The first-order chi connectivity index (χ1) is 15.5. The molecule has 0 bridgehead atoms. The number of carbonyl (C=O) groups is 2. The molecule has 0 spiro atoms. The second kappa shape index (κ2) is 9.16. The summed E-state index contributed by atoms with van der Waals surface area (Å²) in [5.41, 5.74) is 2.96. The number of aryl methyl sites for hydroxylation is 1. The number of carbonyl (C=O) groups excluding carboxylic acids is 2. The van der Waals surface area contributed by atoms with Crippen molar-refractivity contribution in [3.63, 3.8) is 0 Å². The maximum atomic E-state index is 12.6. The summed E-state index contributed by atoms with van der Waals surface area (Å²) in [6, 6.07) is 13.2. The average Bonchev–Trinajstić information content (AvgIpc) is 3.21. The molecule has 1 aliphatic rings. The number of hydrogen-bond acceptors (Lipinski definition) is 7. The topological polar surface area (TPSA) is 99.4 Å². The van der Waals surface area contributed by atoms with E-state index in [1.807, 2.05) is 43.3 Å². The van der Waals surface area contributed by atoms with Gasteiger partial charge in [-0.15, -0.1) is 11.3 Å². The van der Waals surface area contributed by atoms with E-state index in [0.717, 1.165) is 26.8 Å². The SMILES string of the molecule is Cc1sc(-c2ccccn2)nc1-c1ccc2c(c1)N(CC(=O)N(C)CCC#N)C(=O)CO2. The van der Waals surface area contributed by atoms with Crippen molar-refractivity contribution in [1.29, 1.82) is 5.26 Å². The zero-order valence-electron chi connectivity index (χ0n) is 17.7. The second-order valence-electron chi connectivity index (χ2n) is 7.31. The van der Waals surface area contributed by atoms with Gasteiger partial charge in [-0.05, 0) is 37.3 Å². The van der Waals surface area contributed by atoms with Gasteiger partial charge in [0, 0.05) is 30.2 Å². The molecular weight excluding hydrogens is 426 g/mol. The zero-order chi connectivity index (χ0) is 22.7. The van der Waals surface area contributed by atoms with Crippen LogP contribution in [0.25, 0.3) is 22.0 Å². The fraction of sp³-hybridized carbons (Fsp3) is 0.261. The molecule has 32 heavy (non-hydrogen) atoms. The van der Waals surface area contributed by atoms with Crippen LogP contribution < -0.4 is 9.64 Å². The summed E-state index contributed by atoms with van der Waals surface area (Å²) in [4.78, 5) is 38.3. The molecule has 0 N–H and O–H groups in total. The van der Waals surface area contributed by atoms with E-state index in [1.165, 1.54) is 9.80 Å². The molecule has 0 aliphatic carbocycles. The minimum atomic E-state index is -0.291. The van der Waals surface area contributed by atoms with Crippen LogP contribution in [0.15, 0.2) is 42.6 Å². The zero-order valence-corrected chi connectivity index (χ0v) is 18.6. The van der Waals surface area contributed by atoms with Crippen LogP contribution >= 0.6 is 11.3 Å². The van der Waals surface area contributed by atoms with Crippen LogP contribution in [0, 0.1) is 18.3 Å². The van der Waals surface area contributed by atoms with Gasteiger partial charge in [0.05, 0.1) is 29.6 Å². The van der Waals surface area contributed by atoms with E-state index in [-0.39, 0.29) is 31.4 Å². The number of hydrogen-bond donors (Lipinski definition) is 0. The van der Waals surface area contributed by atoms with Crippen LogP contribution in [0.2, 0.25) is 0 Å². The van der Waals surface area contributed by atoms with Crippen LogP contribution in [0.3, 0.4) is 0 Å². The molecule has 0 saturated heterocycles. The molecule has 0 atom stereocenters. The molecule has 9 heteroatoms. The van der Waals surface area contributed by atoms with Crippen LogP contribution in [-0.4, -0.2) is 53.4 Å². The fourth-order valence-electron chi connectivity index (χ4n) is 3.38. The molecule has 162 valence electrons. The molecule has 2 amide bonds. The number of likely N-dealkylation sites (N-methyl/N-ethyl adjacent to an activating group) is 1. The number of nitrogens with zero attached hydrogens (tertiary/aromatic N) is 5. The molecule has 4 rings (SSSR count). The van der Waals surface area contributed by atoms with Crippen LogP contribution in [0.4, 0.5) is 5.69 Å². The van der Waals surface area contributed by atoms with Gasteiger partial charge in [-0.2, -0.15) is 5.26 Å². The van der Waals surface area contributed by atoms with Gasteiger partial charge in [0.25, 0.3) is 5.91 Å². The molecule has 1 aromatic carbocycles. The summed E-state index contributed by atoms with van der Waals surface area (Å²) in [5, 5.41) is 9.56. The molecule has 2 aromatic heterocycles. The van der Waals surface area contributed by atoms with Gasteiger partial charge in [-0.3, -0.25) is 19.5 Å². The van der Waals surface area contributed by atoms with Crippen molar-refractivity contribution in [3.8, 4) is 33.8 Å². The van der Waals surface area contributed by atoms with Crippen molar-refractivity contribution in [2.45, 2.75) is 13.3 Å². The molecule has 3 aromatic rings. The number of rotatable bonds is 6. The molecule has 0 saturated carbocycles. The highest BCUT2D eigenvalue weighted by atomic mass is 32.1. The Balaban J connectivity index is 1.65. The van der Waals surface area contributed by atoms with Gasteiger partial charge in [0.2, 0.25) is 5.91 Å². The highest BCUT2D eigenvalue weighted by Crippen LogP contribution is 2.38. The van der Waals surface area contributed by atoms with Crippen molar-refractivity contribution in [2.24, 2.45) is 0 Å². The van der Waals surface area contributed by atoms with E-state index < -0.39 is 0 Å². The summed E-state index contributed by atoms with van der Waals surface area (Å²) in [6.07, 6.45) is 1.97. The van der Waals surface area contributed by atoms with Crippen molar-refractivity contribution in [2.75, 3.05) is 31.6 Å². The first-order valence-corrected chi connectivity index (χ1v) is 10.9. The second-order valence-corrected chi connectivity index (χ2v) is 8.52. The third-order valence-corrected chi connectivity index (χ3v) is 6.13. The highest BCUT2D eigenvalue weighted by molar-refractivity contribution is 7.15. The number of pyridine rings is 1. The number of amides is 2. The first kappa shape index (κ1) is 21.5. The Labute approximate surface area is 189 Å². The Kier molecular flexibility index (Phi) is 6.14. The monoisotopic (exact) mass is 447 g/mol. The number of fused-ring (bicyclic) bond motifs is 1. The Morgan fingerprint density at radius 3 is 2.94 bits per heavy atom. The van der Waals surface area contributed by atoms with Crippen molar-refractivity contribution in [3.05, 3.63) is 47.5 Å². The third-order valence-electron chi connectivity index (χ3n) is 5.13. The van der Waals surface area contributed by atoms with Crippen LogP contribution in [0.1, 0.15) is 11.3 Å². The van der Waals surface area contributed by atoms with Crippen molar-refractivity contribution in [1.82, 2.24) is 14.9 Å². The van der Waals surface area contributed by atoms with E-state index >= 15 is 0 Å². The summed E-state index contributed by atoms with van der Waals surface area (Å²) in [7, 11) is 1.62. The lowest BCUT2D eigenvalue weighted by Crippen LogP contribution is -2.45. The average molecular weight is 448 g/mol. The standard InChI is InChI=1S/C23H21N5O3S/c1-15-22(26-23(32-15)17-6-3-4-10-25-17)16-7-8-19-18(12-16)28(21(30)14-31-19)13-20(29)27(2)11-5-9-24/h3-4,6-8,10,12H,5,11,13-14H2,1-2H3. The van der Waals surface area contributed by atoms with Gasteiger partial charge >= 0.3 is 0 Å². The van der Waals surface area contributed by atoms with Crippen molar-refractivity contribution < 1.29 is 14.3 Å². The number of benzene rings is 1. The predicted octanol–water partition coefficient (Wildman–Crippen LogP) is 3.28. The van der Waals surface area contributed by atoms with Crippen molar-refractivity contribution >= 4 is 28.8 Å². The quantitative estimate of drug-likeness (QED) is 0.575. The van der Waals surface area contributed by atoms with Gasteiger partial charge in [0.1, 0.15) is 17.3 Å². The van der Waals surface area contributed by atoms with Gasteiger partial charge < -0.3 is 9.64 Å². The van der Waals surface area contributed by atoms with Gasteiger partial charge in [0.15, 0.2) is 6.61 Å². The lowest BCUT2D eigenvalue weighted by molar-refractivity contribution is -0.130. The molecule has 0 fully saturated rings. The van der Waals surface area contributed by atoms with E-state index in [9.17, 15) is 9.59 Å². The van der Waals surface area contributed by atoms with E-state index in [2.05, 4.69) is 4.98 Å². The Morgan fingerprint density at radius 2 is 2.19 bits per heavy atom. The molecular formula is C23H21N5O3S. The number of aromatic nitrogens is 2. The van der Waals surface area contributed by atoms with Gasteiger partial charge in [-0.25, -0.2) is 4.98 Å². The van der Waals surface area contributed by atoms with E-state index in [1.54, 1.807) is 30.6 Å². The molecule has 8 nitrogen and oxygen atoms in total. The molecule has 1 aliphatic heterocycles. The molecule has 0 radical (unpaired) electrons. The summed E-state index contributed by atoms with van der Waals surface area (Å²) in [5.74, 6) is 0.00801. The molecule has 3 heterocycles. The maximum absolute atomic E-state index is 12.6. The Morgan fingerprint density at radius 1 is 1.34 bits per heavy atom. The molecule has 0 unspecified atom stereocenters. The summed E-state index contributed by atoms with van der Waals surface area (Å²) in [6.45, 7) is 2.07. The Hall–Kier alpha value is -3.77. The lowest BCUT2D eigenvalue weighted by Gasteiger charge is -2.30. The minimum Gasteiger partial charge on any atom is -0.482 e. The number of thiazole rings is 1. The smallest absolute Gasteiger partial charge is 0.265 e. The summed E-state index contributed by atoms with van der Waals surface area (Å²) >= 11 is 1.55. The van der Waals surface area contributed by atoms with Crippen LogP contribution in [0.5, 0.6) is 5.75 Å².